The van der Waals surface area contributed by atoms with Crippen molar-refractivity contribution < 1.29 is 4.79 Å². The summed E-state index contributed by atoms with van der Waals surface area (Å²) in [5.74, 6) is 0.531. The summed E-state index contributed by atoms with van der Waals surface area (Å²) in [6.07, 6.45) is 4.46. The highest BCUT2D eigenvalue weighted by Crippen LogP contribution is 2.27. The molecule has 2 atom stereocenters. The van der Waals surface area contributed by atoms with Crippen LogP contribution >= 0.6 is 27.5 Å². The summed E-state index contributed by atoms with van der Waals surface area (Å²) in [5, 5.41) is 3.32. The van der Waals surface area contributed by atoms with Crippen LogP contribution in [0.3, 0.4) is 0 Å². The van der Waals surface area contributed by atoms with E-state index in [1.165, 1.54) is 12.8 Å². The van der Waals surface area contributed by atoms with Crippen LogP contribution in [0.15, 0.2) is 22.7 Å². The fourth-order valence-corrected chi connectivity index (χ4v) is 3.35. The van der Waals surface area contributed by atoms with E-state index in [1.54, 1.807) is 0 Å². The van der Waals surface area contributed by atoms with Gasteiger partial charge < -0.3 is 5.32 Å². The first-order chi connectivity index (χ1) is 9.06. The number of amides is 1. The van der Waals surface area contributed by atoms with Crippen LogP contribution in [0, 0.1) is 12.8 Å². The molecule has 4 heteroatoms. The first-order valence-electron chi connectivity index (χ1n) is 6.74. The van der Waals surface area contributed by atoms with Gasteiger partial charge in [-0.25, -0.2) is 0 Å². The van der Waals surface area contributed by atoms with Crippen molar-refractivity contribution in [2.45, 2.75) is 38.0 Å². The summed E-state index contributed by atoms with van der Waals surface area (Å²) in [6.45, 7) is 2.69. The summed E-state index contributed by atoms with van der Waals surface area (Å²) < 4.78 is 0.932. The molecule has 0 heterocycles. The number of nitrogens with one attached hydrogen (secondary N) is 1. The lowest BCUT2D eigenvalue weighted by atomic mass is 9.89. The topological polar surface area (TPSA) is 29.1 Å². The van der Waals surface area contributed by atoms with Crippen LogP contribution < -0.4 is 5.32 Å². The van der Waals surface area contributed by atoms with Crippen molar-refractivity contribution in [3.8, 4) is 0 Å². The molecule has 2 nitrogen and oxygen atoms in total. The second-order valence-corrected chi connectivity index (χ2v) is 6.83. The average molecular weight is 345 g/mol. The van der Waals surface area contributed by atoms with Crippen molar-refractivity contribution in [2.75, 3.05) is 6.54 Å². The Bertz CT molecular complexity index is 463. The molecular weight excluding hydrogens is 326 g/mol. The second-order valence-electron chi connectivity index (χ2n) is 5.30. The van der Waals surface area contributed by atoms with Gasteiger partial charge in [-0.15, -0.1) is 11.6 Å². The van der Waals surface area contributed by atoms with Gasteiger partial charge in [-0.3, -0.25) is 4.79 Å². The SMILES string of the molecule is Cc1ccc(Br)cc1C(=O)NCC1CCCC(Cl)C1. The van der Waals surface area contributed by atoms with Gasteiger partial charge in [0.25, 0.3) is 5.91 Å². The molecule has 0 saturated heterocycles. The minimum absolute atomic E-state index is 0.00972. The standard InChI is InChI=1S/C15H19BrClNO/c1-10-5-6-12(16)8-14(10)15(19)18-9-11-3-2-4-13(17)7-11/h5-6,8,11,13H,2-4,7,9H2,1H3,(H,18,19). The third kappa shape index (κ3) is 4.22. The van der Waals surface area contributed by atoms with E-state index in [1.807, 2.05) is 25.1 Å². The normalized spacial score (nSPS) is 23.1. The molecule has 0 radical (unpaired) electrons. The van der Waals surface area contributed by atoms with E-state index in [2.05, 4.69) is 21.2 Å². The molecule has 0 bridgehead atoms. The monoisotopic (exact) mass is 343 g/mol. The fourth-order valence-electron chi connectivity index (χ4n) is 2.58. The number of rotatable bonds is 3. The van der Waals surface area contributed by atoms with Gasteiger partial charge in [0, 0.05) is 22.0 Å². The Morgan fingerprint density at radius 2 is 2.26 bits per heavy atom. The van der Waals surface area contributed by atoms with Crippen LogP contribution in [0.5, 0.6) is 0 Å². The van der Waals surface area contributed by atoms with Crippen molar-refractivity contribution in [3.05, 3.63) is 33.8 Å². The summed E-state index contributed by atoms with van der Waals surface area (Å²) >= 11 is 9.57. The van der Waals surface area contributed by atoms with Crippen molar-refractivity contribution in [3.63, 3.8) is 0 Å². The zero-order valence-corrected chi connectivity index (χ0v) is 13.4. The van der Waals surface area contributed by atoms with Gasteiger partial charge in [-0.05, 0) is 49.8 Å². The van der Waals surface area contributed by atoms with Crippen LogP contribution in [-0.2, 0) is 0 Å². The fraction of sp³-hybridized carbons (Fsp3) is 0.533. The minimum atomic E-state index is 0.00972. The van der Waals surface area contributed by atoms with Gasteiger partial charge >= 0.3 is 0 Å². The molecule has 2 rings (SSSR count). The molecular formula is C15H19BrClNO. The first-order valence-corrected chi connectivity index (χ1v) is 7.97. The largest absolute Gasteiger partial charge is 0.352 e. The van der Waals surface area contributed by atoms with E-state index in [-0.39, 0.29) is 11.3 Å². The maximum atomic E-state index is 12.2. The van der Waals surface area contributed by atoms with E-state index in [0.717, 1.165) is 35.0 Å². The molecule has 104 valence electrons. The highest BCUT2D eigenvalue weighted by atomic mass is 79.9. The highest BCUT2D eigenvalue weighted by molar-refractivity contribution is 9.10. The lowest BCUT2D eigenvalue weighted by Crippen LogP contribution is -2.32. The van der Waals surface area contributed by atoms with Crippen molar-refractivity contribution in [1.29, 1.82) is 0 Å². The molecule has 0 spiro atoms. The van der Waals surface area contributed by atoms with Crippen LogP contribution in [0.25, 0.3) is 0 Å². The Hall–Kier alpha value is -0.540. The van der Waals surface area contributed by atoms with E-state index < -0.39 is 0 Å². The van der Waals surface area contributed by atoms with Crippen LogP contribution in [0.1, 0.15) is 41.6 Å². The Morgan fingerprint density at radius 3 is 3.00 bits per heavy atom. The van der Waals surface area contributed by atoms with Crippen molar-refractivity contribution in [1.82, 2.24) is 5.32 Å². The van der Waals surface area contributed by atoms with Gasteiger partial charge in [0.2, 0.25) is 0 Å². The molecule has 19 heavy (non-hydrogen) atoms. The van der Waals surface area contributed by atoms with Gasteiger partial charge in [-0.1, -0.05) is 28.4 Å². The molecule has 1 aliphatic carbocycles. The Kier molecular flexibility index (Phi) is 5.28. The quantitative estimate of drug-likeness (QED) is 0.815. The van der Waals surface area contributed by atoms with Gasteiger partial charge in [0.15, 0.2) is 0 Å². The zero-order chi connectivity index (χ0) is 13.8. The number of hydrogen-bond donors (Lipinski definition) is 1. The maximum Gasteiger partial charge on any atom is 0.251 e. The van der Waals surface area contributed by atoms with Crippen molar-refractivity contribution >= 4 is 33.4 Å². The van der Waals surface area contributed by atoms with Gasteiger partial charge in [-0.2, -0.15) is 0 Å². The van der Waals surface area contributed by atoms with Crippen LogP contribution in [0.4, 0.5) is 0 Å². The predicted molar refractivity (Wildman–Crippen MR) is 82.8 cm³/mol. The number of alkyl halides is 1. The van der Waals surface area contributed by atoms with Crippen LogP contribution in [-0.4, -0.2) is 17.8 Å². The minimum Gasteiger partial charge on any atom is -0.352 e. The number of aryl methyl sites for hydroxylation is 1. The lowest BCUT2D eigenvalue weighted by Gasteiger charge is -2.25. The van der Waals surface area contributed by atoms with E-state index in [4.69, 9.17) is 11.6 Å². The molecule has 1 aromatic carbocycles. The molecule has 1 N–H and O–H groups in total. The van der Waals surface area contributed by atoms with Crippen molar-refractivity contribution in [2.24, 2.45) is 5.92 Å². The zero-order valence-electron chi connectivity index (χ0n) is 11.1. The average Bonchev–Trinajstić information content (AvgIpc) is 2.39. The second kappa shape index (κ2) is 6.76. The molecule has 1 aliphatic rings. The smallest absolute Gasteiger partial charge is 0.251 e. The molecule has 1 saturated carbocycles. The van der Waals surface area contributed by atoms with E-state index in [0.29, 0.717) is 5.92 Å². The number of hydrogen-bond acceptors (Lipinski definition) is 1. The third-order valence-corrected chi connectivity index (χ3v) is 4.60. The maximum absolute atomic E-state index is 12.2. The van der Waals surface area contributed by atoms with E-state index >= 15 is 0 Å². The number of carbonyl (C=O) groups is 1. The Labute approximate surface area is 128 Å². The summed E-state index contributed by atoms with van der Waals surface area (Å²) in [4.78, 5) is 12.2. The Balaban J connectivity index is 1.92. The van der Waals surface area contributed by atoms with E-state index in [9.17, 15) is 4.79 Å². The molecule has 0 aliphatic heterocycles. The number of halogens is 2. The highest BCUT2D eigenvalue weighted by Gasteiger charge is 2.21. The molecule has 1 aromatic rings. The molecule has 0 aromatic heterocycles. The summed E-state index contributed by atoms with van der Waals surface area (Å²) in [7, 11) is 0. The lowest BCUT2D eigenvalue weighted by molar-refractivity contribution is 0.0943. The van der Waals surface area contributed by atoms with Crippen LogP contribution in [0.2, 0.25) is 0 Å². The number of benzene rings is 1. The molecule has 1 fully saturated rings. The van der Waals surface area contributed by atoms with Gasteiger partial charge in [0.1, 0.15) is 0 Å². The third-order valence-electron chi connectivity index (χ3n) is 3.71. The van der Waals surface area contributed by atoms with Gasteiger partial charge in [0.05, 0.1) is 0 Å². The summed E-state index contributed by atoms with van der Waals surface area (Å²) in [6, 6.07) is 5.77. The Morgan fingerprint density at radius 1 is 1.47 bits per heavy atom. The number of carbonyl (C=O) groups excluding carboxylic acids is 1. The molecule has 2 unspecified atom stereocenters. The first kappa shape index (κ1) is 14.9. The predicted octanol–water partition coefficient (Wildman–Crippen LogP) is 4.28. The molecule has 1 amide bonds. The summed E-state index contributed by atoms with van der Waals surface area (Å²) in [5.41, 5.74) is 1.74.